The molecule has 3 heteroatoms. The van der Waals surface area contributed by atoms with Crippen LogP contribution >= 0.6 is 0 Å². The van der Waals surface area contributed by atoms with E-state index in [-0.39, 0.29) is 11.3 Å². The van der Waals surface area contributed by atoms with E-state index in [0.717, 1.165) is 30.4 Å². The monoisotopic (exact) mass is 347 g/mol. The van der Waals surface area contributed by atoms with E-state index in [1.165, 1.54) is 18.4 Å². The first-order chi connectivity index (χ1) is 12.7. The number of nitrogens with zero attached hydrogens (tertiary/aromatic N) is 1. The fourth-order valence-corrected chi connectivity index (χ4v) is 6.11. The van der Waals surface area contributed by atoms with Gasteiger partial charge in [-0.2, -0.15) is 0 Å². The van der Waals surface area contributed by atoms with Gasteiger partial charge in [-0.25, -0.2) is 0 Å². The molecule has 1 aromatic rings. The third-order valence-electron chi connectivity index (χ3n) is 7.17. The number of carbonyl (C=O) groups is 2. The summed E-state index contributed by atoms with van der Waals surface area (Å²) in [6.45, 7) is 0.681. The second-order valence-electron chi connectivity index (χ2n) is 8.29. The standard InChI is InChI=1S/C23H25NO2/c25-21-10-9-20-18(19(21)14-16-6-2-1-3-7-16)11-13-24-22(26)15-17-8-4-5-12-23(17,20)24/h1-3,6-7,11,14,17,20H,4-5,8-10,12-13,15H2/b19-14+/t17-,20?,23-/m0/s1. The summed E-state index contributed by atoms with van der Waals surface area (Å²) in [5, 5.41) is 0. The Labute approximate surface area is 154 Å². The molecule has 2 aliphatic carbocycles. The first-order valence-corrected chi connectivity index (χ1v) is 10.0. The summed E-state index contributed by atoms with van der Waals surface area (Å²) in [5.41, 5.74) is 3.18. The second-order valence-corrected chi connectivity index (χ2v) is 8.29. The van der Waals surface area contributed by atoms with E-state index >= 15 is 0 Å². The Morgan fingerprint density at radius 1 is 1.08 bits per heavy atom. The van der Waals surface area contributed by atoms with Crippen molar-refractivity contribution in [2.75, 3.05) is 6.54 Å². The lowest BCUT2D eigenvalue weighted by Gasteiger charge is -2.54. The molecule has 1 unspecified atom stereocenters. The summed E-state index contributed by atoms with van der Waals surface area (Å²) >= 11 is 0. The minimum Gasteiger partial charge on any atom is -0.332 e. The summed E-state index contributed by atoms with van der Waals surface area (Å²) in [5.74, 6) is 1.40. The highest BCUT2D eigenvalue weighted by Crippen LogP contribution is 2.57. The van der Waals surface area contributed by atoms with Gasteiger partial charge in [0.25, 0.3) is 0 Å². The van der Waals surface area contributed by atoms with Gasteiger partial charge >= 0.3 is 0 Å². The van der Waals surface area contributed by atoms with Crippen molar-refractivity contribution in [2.45, 2.75) is 50.5 Å². The van der Waals surface area contributed by atoms with Gasteiger partial charge in [0, 0.05) is 30.9 Å². The predicted molar refractivity (Wildman–Crippen MR) is 101 cm³/mol. The van der Waals surface area contributed by atoms with Crippen molar-refractivity contribution in [1.82, 2.24) is 4.90 Å². The Hall–Kier alpha value is -2.16. The Kier molecular flexibility index (Phi) is 3.66. The number of fused-ring (bicyclic) bond motifs is 1. The first kappa shape index (κ1) is 16.0. The van der Waals surface area contributed by atoms with E-state index < -0.39 is 0 Å². The van der Waals surface area contributed by atoms with Crippen LogP contribution in [-0.4, -0.2) is 28.7 Å². The molecule has 3 fully saturated rings. The number of amides is 1. The molecule has 1 aromatic carbocycles. The molecule has 2 saturated carbocycles. The van der Waals surface area contributed by atoms with Gasteiger partial charge in [-0.05, 0) is 42.4 Å². The number of allylic oxidation sites excluding steroid dienone is 1. The van der Waals surface area contributed by atoms with E-state index in [1.54, 1.807) is 0 Å². The van der Waals surface area contributed by atoms with Crippen LogP contribution in [0.15, 0.2) is 47.6 Å². The van der Waals surface area contributed by atoms with Gasteiger partial charge < -0.3 is 4.90 Å². The highest BCUT2D eigenvalue weighted by Gasteiger charge is 2.60. The molecule has 0 N–H and O–H groups in total. The minimum atomic E-state index is -0.0180. The maximum Gasteiger partial charge on any atom is 0.223 e. The maximum absolute atomic E-state index is 12.8. The fraction of sp³-hybridized carbons (Fsp3) is 0.478. The highest BCUT2D eigenvalue weighted by molar-refractivity contribution is 6.05. The molecule has 0 aromatic heterocycles. The zero-order valence-electron chi connectivity index (χ0n) is 15.1. The Balaban J connectivity index is 1.60. The Morgan fingerprint density at radius 2 is 1.92 bits per heavy atom. The van der Waals surface area contributed by atoms with Crippen molar-refractivity contribution < 1.29 is 9.59 Å². The van der Waals surface area contributed by atoms with E-state index in [4.69, 9.17) is 0 Å². The van der Waals surface area contributed by atoms with E-state index in [9.17, 15) is 9.59 Å². The maximum atomic E-state index is 12.8. The number of benzene rings is 1. The van der Waals surface area contributed by atoms with Crippen LogP contribution in [0.4, 0.5) is 0 Å². The van der Waals surface area contributed by atoms with Gasteiger partial charge in [-0.3, -0.25) is 9.59 Å². The summed E-state index contributed by atoms with van der Waals surface area (Å²) in [6.07, 6.45) is 11.2. The molecule has 4 aliphatic rings. The summed E-state index contributed by atoms with van der Waals surface area (Å²) in [7, 11) is 0. The molecule has 0 bridgehead atoms. The molecule has 1 amide bonds. The average molecular weight is 347 g/mol. The van der Waals surface area contributed by atoms with E-state index in [1.807, 2.05) is 18.2 Å². The Bertz CT molecular complexity index is 822. The van der Waals surface area contributed by atoms with Crippen molar-refractivity contribution >= 4 is 17.8 Å². The van der Waals surface area contributed by atoms with E-state index in [2.05, 4.69) is 29.2 Å². The molecule has 1 saturated heterocycles. The van der Waals surface area contributed by atoms with Crippen LogP contribution < -0.4 is 0 Å². The van der Waals surface area contributed by atoms with Crippen LogP contribution in [0.3, 0.4) is 0 Å². The topological polar surface area (TPSA) is 37.4 Å². The third-order valence-corrected chi connectivity index (χ3v) is 7.17. The van der Waals surface area contributed by atoms with Crippen LogP contribution in [0.25, 0.3) is 6.08 Å². The van der Waals surface area contributed by atoms with Crippen LogP contribution in [0.1, 0.15) is 50.5 Å². The van der Waals surface area contributed by atoms with Crippen LogP contribution in [-0.2, 0) is 9.59 Å². The summed E-state index contributed by atoms with van der Waals surface area (Å²) < 4.78 is 0. The molecule has 3 atom stereocenters. The van der Waals surface area contributed by atoms with Gasteiger partial charge in [0.1, 0.15) is 0 Å². The molecule has 26 heavy (non-hydrogen) atoms. The highest BCUT2D eigenvalue weighted by atomic mass is 16.2. The lowest BCUT2D eigenvalue weighted by atomic mass is 9.59. The first-order valence-electron chi connectivity index (χ1n) is 10.0. The van der Waals surface area contributed by atoms with Crippen LogP contribution in [0.5, 0.6) is 0 Å². The van der Waals surface area contributed by atoms with Gasteiger partial charge in [0.05, 0.1) is 5.54 Å². The molecule has 0 radical (unpaired) electrons. The average Bonchev–Trinajstić information content (AvgIpc) is 2.97. The van der Waals surface area contributed by atoms with Crippen molar-refractivity contribution in [1.29, 1.82) is 0 Å². The van der Waals surface area contributed by atoms with Crippen molar-refractivity contribution in [2.24, 2.45) is 11.8 Å². The predicted octanol–water partition coefficient (Wildman–Crippen LogP) is 4.15. The molecule has 2 aliphatic heterocycles. The van der Waals surface area contributed by atoms with Crippen molar-refractivity contribution in [3.63, 3.8) is 0 Å². The molecule has 2 heterocycles. The van der Waals surface area contributed by atoms with Gasteiger partial charge in [-0.15, -0.1) is 0 Å². The van der Waals surface area contributed by atoms with Gasteiger partial charge in [0.15, 0.2) is 5.78 Å². The van der Waals surface area contributed by atoms with Crippen LogP contribution in [0.2, 0.25) is 0 Å². The lowest BCUT2D eigenvalue weighted by Crippen LogP contribution is -2.59. The second kappa shape index (κ2) is 5.94. The zero-order valence-corrected chi connectivity index (χ0v) is 15.1. The number of ketones is 1. The van der Waals surface area contributed by atoms with Crippen molar-refractivity contribution in [3.8, 4) is 0 Å². The number of Topliss-reactive ketones (excluding diaryl/α,β-unsaturated/α-hetero) is 1. The summed E-state index contributed by atoms with van der Waals surface area (Å²) in [6, 6.07) is 10.1. The number of hydrogen-bond donors (Lipinski definition) is 0. The number of rotatable bonds is 1. The fourth-order valence-electron chi connectivity index (χ4n) is 6.11. The third kappa shape index (κ3) is 2.19. The molecular weight excluding hydrogens is 322 g/mol. The van der Waals surface area contributed by atoms with Crippen molar-refractivity contribution in [3.05, 3.63) is 53.1 Å². The van der Waals surface area contributed by atoms with E-state index in [0.29, 0.717) is 37.1 Å². The van der Waals surface area contributed by atoms with Gasteiger partial charge in [0.2, 0.25) is 5.91 Å². The minimum absolute atomic E-state index is 0.0180. The van der Waals surface area contributed by atoms with Crippen LogP contribution in [0, 0.1) is 11.8 Å². The lowest BCUT2D eigenvalue weighted by molar-refractivity contribution is -0.133. The SMILES string of the molecule is O=C1CCC2C(=CCN3C(=O)C[C@@H]4CCCC[C@@]243)/C1=C\c1ccccc1. The summed E-state index contributed by atoms with van der Waals surface area (Å²) in [4.78, 5) is 27.7. The molecule has 3 nitrogen and oxygen atoms in total. The molecular formula is C23H25NO2. The quantitative estimate of drug-likeness (QED) is 0.716. The number of carbonyl (C=O) groups excluding carboxylic acids is 2. The number of hydrogen-bond acceptors (Lipinski definition) is 2. The molecule has 5 rings (SSSR count). The van der Waals surface area contributed by atoms with Gasteiger partial charge in [-0.1, -0.05) is 49.2 Å². The molecule has 134 valence electrons. The largest absolute Gasteiger partial charge is 0.332 e. The zero-order chi connectivity index (χ0) is 17.7. The Morgan fingerprint density at radius 3 is 2.77 bits per heavy atom. The smallest absolute Gasteiger partial charge is 0.223 e. The molecule has 1 spiro atoms. The normalized spacial score (nSPS) is 35.0.